The molecule has 0 bridgehead atoms. The molecule has 2 aromatic heterocycles. The number of amides is 1. The minimum absolute atomic E-state index is 0.0721. The van der Waals surface area contributed by atoms with Crippen LogP contribution in [0.5, 0.6) is 0 Å². The number of fused-ring (bicyclic) bond motifs is 1. The zero-order valence-corrected chi connectivity index (χ0v) is 19.0. The lowest BCUT2D eigenvalue weighted by molar-refractivity contribution is 0.0964. The molecule has 0 aliphatic heterocycles. The number of nitrogens with one attached hydrogen (secondary N) is 2. The van der Waals surface area contributed by atoms with E-state index in [1.54, 1.807) is 12.1 Å². The SMILES string of the molecule is C=CCCCS(=O)(=O)Nc1nc2oc(-c3ccc(F)cc3)c(C(=O)NC)c2cc1I. The van der Waals surface area contributed by atoms with E-state index in [0.29, 0.717) is 27.4 Å². The van der Waals surface area contributed by atoms with Gasteiger partial charge in [-0.05, 0) is 65.8 Å². The standard InChI is InChI=1S/C20H19FIN3O4S/c1-3-4-5-10-30(27,28)25-18-15(22)11-14-16(19(26)23-2)17(29-20(14)24-18)12-6-8-13(21)9-7-12/h3,6-9,11H,1,4-5,10H2,2H3,(H,23,26)(H,24,25). The van der Waals surface area contributed by atoms with Gasteiger partial charge in [-0.25, -0.2) is 12.8 Å². The van der Waals surface area contributed by atoms with Gasteiger partial charge in [0.1, 0.15) is 11.6 Å². The first kappa shape index (κ1) is 22.2. The van der Waals surface area contributed by atoms with Gasteiger partial charge in [0, 0.05) is 12.6 Å². The van der Waals surface area contributed by atoms with Crippen molar-refractivity contribution in [2.75, 3.05) is 17.5 Å². The van der Waals surface area contributed by atoms with E-state index in [9.17, 15) is 17.6 Å². The third kappa shape index (κ3) is 4.81. The van der Waals surface area contributed by atoms with Crippen molar-refractivity contribution in [1.82, 2.24) is 10.3 Å². The first-order valence-electron chi connectivity index (χ1n) is 8.98. The number of sulfonamides is 1. The van der Waals surface area contributed by atoms with Crippen LogP contribution in [0.25, 0.3) is 22.4 Å². The monoisotopic (exact) mass is 543 g/mol. The van der Waals surface area contributed by atoms with Gasteiger partial charge in [0.05, 0.1) is 20.3 Å². The Morgan fingerprint density at radius 2 is 2.03 bits per heavy atom. The molecular formula is C20H19FIN3O4S. The maximum atomic E-state index is 13.3. The number of aromatic nitrogens is 1. The highest BCUT2D eigenvalue weighted by molar-refractivity contribution is 14.1. The molecule has 3 aromatic rings. The van der Waals surface area contributed by atoms with Gasteiger partial charge < -0.3 is 9.73 Å². The van der Waals surface area contributed by atoms with Crippen LogP contribution in [0.15, 0.2) is 47.4 Å². The van der Waals surface area contributed by atoms with Crippen molar-refractivity contribution in [3.05, 3.63) is 57.9 Å². The Hall–Kier alpha value is -2.47. The fourth-order valence-corrected chi connectivity index (χ4v) is 4.69. The molecule has 0 atom stereocenters. The number of anilines is 1. The highest BCUT2D eigenvalue weighted by atomic mass is 127. The van der Waals surface area contributed by atoms with Crippen LogP contribution in [0.2, 0.25) is 0 Å². The van der Waals surface area contributed by atoms with E-state index in [1.165, 1.54) is 31.3 Å². The van der Waals surface area contributed by atoms with Crippen molar-refractivity contribution in [2.45, 2.75) is 12.8 Å². The number of benzene rings is 1. The van der Waals surface area contributed by atoms with Gasteiger partial charge in [0.25, 0.3) is 5.91 Å². The molecule has 158 valence electrons. The number of hydrogen-bond acceptors (Lipinski definition) is 5. The predicted molar refractivity (Wildman–Crippen MR) is 122 cm³/mol. The maximum absolute atomic E-state index is 13.3. The summed E-state index contributed by atoms with van der Waals surface area (Å²) in [6.45, 7) is 3.58. The zero-order chi connectivity index (χ0) is 21.9. The normalized spacial score (nSPS) is 11.4. The summed E-state index contributed by atoms with van der Waals surface area (Å²) in [5.41, 5.74) is 0.830. The third-order valence-electron chi connectivity index (χ3n) is 4.27. The molecule has 0 aliphatic rings. The molecule has 1 aromatic carbocycles. The van der Waals surface area contributed by atoms with Gasteiger partial charge in [0.2, 0.25) is 15.7 Å². The van der Waals surface area contributed by atoms with Crippen LogP contribution in [0, 0.1) is 9.39 Å². The summed E-state index contributed by atoms with van der Waals surface area (Å²) >= 11 is 1.95. The Morgan fingerprint density at radius 1 is 1.33 bits per heavy atom. The van der Waals surface area contributed by atoms with Gasteiger partial charge in [-0.15, -0.1) is 6.58 Å². The van der Waals surface area contributed by atoms with Crippen molar-refractivity contribution in [2.24, 2.45) is 0 Å². The van der Waals surface area contributed by atoms with E-state index in [2.05, 4.69) is 21.6 Å². The summed E-state index contributed by atoms with van der Waals surface area (Å²) in [7, 11) is -2.12. The van der Waals surface area contributed by atoms with E-state index in [4.69, 9.17) is 4.42 Å². The van der Waals surface area contributed by atoms with Crippen molar-refractivity contribution >= 4 is 55.4 Å². The number of carbonyl (C=O) groups excluding carboxylic acids is 1. The number of rotatable bonds is 8. The number of allylic oxidation sites excluding steroid dienone is 1. The van der Waals surface area contributed by atoms with E-state index in [0.717, 1.165) is 0 Å². The number of furan rings is 1. The Bertz CT molecular complexity index is 1210. The molecule has 10 heteroatoms. The number of hydrogen-bond donors (Lipinski definition) is 2. The molecule has 30 heavy (non-hydrogen) atoms. The van der Waals surface area contributed by atoms with Crippen LogP contribution in [0.4, 0.5) is 10.2 Å². The lowest BCUT2D eigenvalue weighted by Gasteiger charge is -2.08. The molecule has 0 radical (unpaired) electrons. The number of pyridine rings is 1. The molecule has 1 amide bonds. The molecule has 7 nitrogen and oxygen atoms in total. The summed E-state index contributed by atoms with van der Waals surface area (Å²) in [5.74, 6) is -0.555. The van der Waals surface area contributed by atoms with Gasteiger partial charge in [-0.1, -0.05) is 6.08 Å². The molecule has 0 unspecified atom stereocenters. The average molecular weight is 543 g/mol. The molecule has 0 saturated carbocycles. The van der Waals surface area contributed by atoms with Crippen LogP contribution in [-0.2, 0) is 10.0 Å². The smallest absolute Gasteiger partial charge is 0.255 e. The molecule has 0 spiro atoms. The minimum atomic E-state index is -3.61. The molecule has 2 N–H and O–H groups in total. The van der Waals surface area contributed by atoms with Crippen molar-refractivity contribution in [3.8, 4) is 11.3 Å². The highest BCUT2D eigenvalue weighted by Gasteiger charge is 2.24. The van der Waals surface area contributed by atoms with Crippen LogP contribution in [-0.4, -0.2) is 32.1 Å². The lowest BCUT2D eigenvalue weighted by atomic mass is 10.1. The zero-order valence-electron chi connectivity index (χ0n) is 16.0. The quantitative estimate of drug-likeness (QED) is 0.251. The summed E-state index contributed by atoms with van der Waals surface area (Å²) < 4.78 is 46.7. The fraction of sp³-hybridized carbons (Fsp3) is 0.200. The van der Waals surface area contributed by atoms with E-state index in [-0.39, 0.29) is 28.6 Å². The van der Waals surface area contributed by atoms with Gasteiger partial charge in [-0.2, -0.15) is 4.98 Å². The van der Waals surface area contributed by atoms with Crippen molar-refractivity contribution < 1.29 is 22.0 Å². The first-order valence-corrected chi connectivity index (χ1v) is 11.7. The minimum Gasteiger partial charge on any atom is -0.437 e. The predicted octanol–water partition coefficient (Wildman–Crippen LogP) is 4.31. The largest absolute Gasteiger partial charge is 0.437 e. The van der Waals surface area contributed by atoms with Gasteiger partial charge >= 0.3 is 0 Å². The molecule has 3 rings (SSSR count). The van der Waals surface area contributed by atoms with Crippen LogP contribution in [0.3, 0.4) is 0 Å². The Morgan fingerprint density at radius 3 is 2.67 bits per heavy atom. The molecule has 0 fully saturated rings. The molecule has 0 aliphatic carbocycles. The average Bonchev–Trinajstić information content (AvgIpc) is 3.06. The number of halogens is 2. The second-order valence-electron chi connectivity index (χ2n) is 6.42. The van der Waals surface area contributed by atoms with E-state index >= 15 is 0 Å². The fourth-order valence-electron chi connectivity index (χ4n) is 2.84. The Balaban J connectivity index is 2.09. The van der Waals surface area contributed by atoms with Crippen LogP contribution >= 0.6 is 22.6 Å². The maximum Gasteiger partial charge on any atom is 0.255 e. The molecule has 2 heterocycles. The number of carbonyl (C=O) groups is 1. The summed E-state index contributed by atoms with van der Waals surface area (Å²) in [5, 5.41) is 2.98. The number of nitrogens with zero attached hydrogens (tertiary/aromatic N) is 1. The summed E-state index contributed by atoms with van der Waals surface area (Å²) in [6.07, 6.45) is 2.68. The lowest BCUT2D eigenvalue weighted by Crippen LogP contribution is -2.19. The molecular weight excluding hydrogens is 524 g/mol. The van der Waals surface area contributed by atoms with Gasteiger partial charge in [0.15, 0.2) is 5.82 Å². The van der Waals surface area contributed by atoms with Crippen LogP contribution < -0.4 is 10.0 Å². The Kier molecular flexibility index (Phi) is 6.76. The van der Waals surface area contributed by atoms with Crippen molar-refractivity contribution in [3.63, 3.8) is 0 Å². The highest BCUT2D eigenvalue weighted by Crippen LogP contribution is 2.35. The summed E-state index contributed by atoms with van der Waals surface area (Å²) in [4.78, 5) is 16.8. The molecule has 0 saturated heterocycles. The topological polar surface area (TPSA) is 101 Å². The first-order chi connectivity index (χ1) is 14.3. The number of unbranched alkanes of at least 4 members (excludes halogenated alkanes) is 1. The van der Waals surface area contributed by atoms with Gasteiger partial charge in [-0.3, -0.25) is 9.52 Å². The Labute approximate surface area is 186 Å². The van der Waals surface area contributed by atoms with E-state index < -0.39 is 21.7 Å². The second-order valence-corrected chi connectivity index (χ2v) is 9.42. The summed E-state index contributed by atoms with van der Waals surface area (Å²) in [6, 6.07) is 7.14. The van der Waals surface area contributed by atoms with E-state index in [1.807, 2.05) is 22.6 Å². The third-order valence-corrected chi connectivity index (χ3v) is 6.42. The van der Waals surface area contributed by atoms with Crippen molar-refractivity contribution in [1.29, 1.82) is 0 Å². The van der Waals surface area contributed by atoms with Crippen LogP contribution in [0.1, 0.15) is 23.2 Å². The second kappa shape index (κ2) is 9.13.